The summed E-state index contributed by atoms with van der Waals surface area (Å²) < 4.78 is 4.62. The van der Waals surface area contributed by atoms with Gasteiger partial charge in [0.05, 0.1) is 6.42 Å². The van der Waals surface area contributed by atoms with Gasteiger partial charge in [-0.2, -0.15) is 0 Å². The van der Waals surface area contributed by atoms with Gasteiger partial charge in [-0.1, -0.05) is 6.07 Å². The molecule has 144 valence electrons. The van der Waals surface area contributed by atoms with Crippen LogP contribution in [-0.2, 0) is 25.5 Å². The number of nitrogens with two attached hydrogens (primary N) is 1. The number of carbonyl (C=O) groups excluding carboxylic acids is 3. The zero-order chi connectivity index (χ0) is 19.8. The van der Waals surface area contributed by atoms with Crippen molar-refractivity contribution in [2.45, 2.75) is 17.5 Å². The van der Waals surface area contributed by atoms with Crippen molar-refractivity contribution >= 4 is 47.0 Å². The highest BCUT2D eigenvalue weighted by atomic mass is 32.2. The summed E-state index contributed by atoms with van der Waals surface area (Å²) in [4.78, 5) is 48.6. The molecule has 3 amide bonds. The van der Waals surface area contributed by atoms with Gasteiger partial charge in [-0.3, -0.25) is 14.5 Å². The van der Waals surface area contributed by atoms with Gasteiger partial charge in [0.2, 0.25) is 5.91 Å². The van der Waals surface area contributed by atoms with E-state index in [0.717, 1.165) is 21.5 Å². The number of β-lactam (4-membered cyclic amide) rings is 1. The number of nitrogens with zero attached hydrogens (tertiary/aromatic N) is 1. The number of hydrogen-bond donors (Lipinski definition) is 4. The number of thioether (sulfide) groups is 1. The van der Waals surface area contributed by atoms with Crippen molar-refractivity contribution < 1.29 is 34.1 Å². The zero-order valence-electron chi connectivity index (χ0n) is 13.7. The van der Waals surface area contributed by atoms with Gasteiger partial charge >= 0.3 is 12.1 Å². The molecule has 2 atom stereocenters. The lowest BCUT2D eigenvalue weighted by molar-refractivity contribution is -0.186. The van der Waals surface area contributed by atoms with Crippen LogP contribution in [0.4, 0.5) is 4.79 Å². The lowest BCUT2D eigenvalue weighted by atomic mass is 9.98. The van der Waals surface area contributed by atoms with Crippen LogP contribution in [-0.4, -0.2) is 62.4 Å². The molecule has 1 aromatic rings. The Morgan fingerprint density at radius 3 is 2.78 bits per heavy atom. The minimum Gasteiger partial charge on any atom is -0.477 e. The van der Waals surface area contributed by atoms with Crippen LogP contribution in [0.5, 0.6) is 0 Å². The maximum Gasteiger partial charge on any atom is 0.404 e. The maximum atomic E-state index is 12.5. The number of aliphatic hydroxyl groups is 1. The Hall–Kier alpha value is -2.57. The Kier molecular flexibility index (Phi) is 5.13. The Labute approximate surface area is 161 Å². The Balaban J connectivity index is 1.76. The molecule has 10 nitrogen and oxygen atoms in total. The van der Waals surface area contributed by atoms with E-state index < -0.39 is 35.0 Å². The quantitative estimate of drug-likeness (QED) is 0.357. The summed E-state index contributed by atoms with van der Waals surface area (Å²) in [6.07, 6.45) is -1.09. The lowest BCUT2D eigenvalue weighted by Crippen LogP contribution is -2.80. The van der Waals surface area contributed by atoms with Crippen LogP contribution in [0.15, 0.2) is 28.8 Å². The number of primary amides is 1. The van der Waals surface area contributed by atoms with Gasteiger partial charge in [-0.15, -0.1) is 23.1 Å². The Morgan fingerprint density at radius 1 is 1.44 bits per heavy atom. The summed E-state index contributed by atoms with van der Waals surface area (Å²) in [5.74, 6) is -2.86. The van der Waals surface area contributed by atoms with Crippen molar-refractivity contribution in [3.05, 3.63) is 33.7 Å². The molecule has 2 aliphatic rings. The fourth-order valence-electron chi connectivity index (χ4n) is 2.81. The van der Waals surface area contributed by atoms with E-state index in [1.165, 1.54) is 11.3 Å². The van der Waals surface area contributed by atoms with E-state index in [9.17, 15) is 29.4 Å². The number of thiophene rings is 1. The van der Waals surface area contributed by atoms with Crippen molar-refractivity contribution in [2.75, 3.05) is 12.4 Å². The average molecular weight is 413 g/mol. The lowest BCUT2D eigenvalue weighted by Gasteiger charge is -2.54. The fraction of sp³-hybridized carbons (Fsp3) is 0.333. The molecule has 2 aliphatic heterocycles. The fourth-order valence-corrected chi connectivity index (χ4v) is 4.85. The molecule has 0 bridgehead atoms. The second-order valence-corrected chi connectivity index (χ2v) is 7.88. The zero-order valence-corrected chi connectivity index (χ0v) is 15.3. The standard InChI is InChI=1S/C15H15N3O7S2/c16-14(23)25-5-7-6-27-13-15(24,12(22)18(13)10(7)11(20)21)17-9(19)4-8-2-1-3-26-8/h1-3,13,24H,4-6H2,(H2,16,23)(H,17,19)(H,20,21)/t13-,15?/m1/s1. The minimum absolute atomic E-state index is 0.00995. The number of aliphatic carboxylic acids is 1. The first kappa shape index (κ1) is 19.2. The summed E-state index contributed by atoms with van der Waals surface area (Å²) >= 11 is 2.40. The van der Waals surface area contributed by atoms with Crippen LogP contribution in [0, 0.1) is 0 Å². The van der Waals surface area contributed by atoms with Crippen LogP contribution < -0.4 is 11.1 Å². The number of carboxylic acids is 1. The number of carboxylic acid groups (broad SMARTS) is 1. The number of amides is 3. The molecule has 3 rings (SSSR count). The summed E-state index contributed by atoms with van der Waals surface area (Å²) in [6.45, 7) is -0.385. The third kappa shape index (κ3) is 3.50. The van der Waals surface area contributed by atoms with E-state index in [1.807, 2.05) is 0 Å². The SMILES string of the molecule is NC(=O)OCC1=C(C(=O)O)N2C(=O)C(O)(NC(=O)Cc3cccs3)[C@H]2SC1. The topological polar surface area (TPSA) is 159 Å². The van der Waals surface area contributed by atoms with Gasteiger partial charge < -0.3 is 26.0 Å². The van der Waals surface area contributed by atoms with Crippen LogP contribution in [0.25, 0.3) is 0 Å². The first-order chi connectivity index (χ1) is 12.7. The molecule has 0 aliphatic carbocycles. The molecule has 12 heteroatoms. The van der Waals surface area contributed by atoms with Crippen molar-refractivity contribution in [3.63, 3.8) is 0 Å². The van der Waals surface area contributed by atoms with Gasteiger partial charge in [0, 0.05) is 16.2 Å². The maximum absolute atomic E-state index is 12.5. The van der Waals surface area contributed by atoms with Gasteiger partial charge in [-0.05, 0) is 11.4 Å². The Morgan fingerprint density at radius 2 is 2.19 bits per heavy atom. The highest BCUT2D eigenvalue weighted by Gasteiger charge is 2.65. The first-order valence-corrected chi connectivity index (χ1v) is 9.55. The normalized spacial score (nSPS) is 24.1. The van der Waals surface area contributed by atoms with Crippen molar-refractivity contribution in [3.8, 4) is 0 Å². The number of hydrogen-bond acceptors (Lipinski definition) is 8. The van der Waals surface area contributed by atoms with Crippen LogP contribution in [0.3, 0.4) is 0 Å². The van der Waals surface area contributed by atoms with E-state index in [-0.39, 0.29) is 30.1 Å². The number of nitrogens with one attached hydrogen (secondary N) is 1. The molecule has 5 N–H and O–H groups in total. The second-order valence-electron chi connectivity index (χ2n) is 5.77. The number of carbonyl (C=O) groups is 4. The molecule has 1 saturated heterocycles. The number of fused-ring (bicyclic) bond motifs is 1. The molecule has 3 heterocycles. The van der Waals surface area contributed by atoms with Gasteiger partial charge in [0.25, 0.3) is 11.6 Å². The molecule has 1 unspecified atom stereocenters. The predicted octanol–water partition coefficient (Wildman–Crippen LogP) is -0.555. The minimum atomic E-state index is -2.20. The number of ether oxygens (including phenoxy) is 1. The highest BCUT2D eigenvalue weighted by molar-refractivity contribution is 8.00. The monoisotopic (exact) mass is 413 g/mol. The van der Waals surface area contributed by atoms with E-state index in [1.54, 1.807) is 17.5 Å². The van der Waals surface area contributed by atoms with E-state index in [4.69, 9.17) is 5.73 Å². The first-order valence-electron chi connectivity index (χ1n) is 7.62. The summed E-state index contributed by atoms with van der Waals surface area (Å²) in [5, 5.41) is 23.1. The molecular weight excluding hydrogens is 398 g/mol. The molecular formula is C15H15N3O7S2. The average Bonchev–Trinajstić information content (AvgIpc) is 3.11. The largest absolute Gasteiger partial charge is 0.477 e. The molecule has 1 aromatic heterocycles. The highest BCUT2D eigenvalue weighted by Crippen LogP contribution is 2.45. The van der Waals surface area contributed by atoms with Gasteiger partial charge in [0.1, 0.15) is 17.7 Å². The number of rotatable bonds is 6. The van der Waals surface area contributed by atoms with E-state index >= 15 is 0 Å². The van der Waals surface area contributed by atoms with E-state index in [2.05, 4.69) is 10.1 Å². The van der Waals surface area contributed by atoms with E-state index in [0.29, 0.717) is 0 Å². The Bertz CT molecular complexity index is 838. The predicted molar refractivity (Wildman–Crippen MR) is 94.4 cm³/mol. The molecule has 0 spiro atoms. The molecule has 1 fully saturated rings. The van der Waals surface area contributed by atoms with Crippen LogP contribution in [0.2, 0.25) is 0 Å². The smallest absolute Gasteiger partial charge is 0.404 e. The van der Waals surface area contributed by atoms with Gasteiger partial charge in [0.15, 0.2) is 0 Å². The molecule has 0 aromatic carbocycles. The van der Waals surface area contributed by atoms with Crippen LogP contribution in [0.1, 0.15) is 4.88 Å². The van der Waals surface area contributed by atoms with Gasteiger partial charge in [-0.25, -0.2) is 9.59 Å². The third-order valence-electron chi connectivity index (χ3n) is 3.96. The molecule has 27 heavy (non-hydrogen) atoms. The van der Waals surface area contributed by atoms with Crippen molar-refractivity contribution in [1.29, 1.82) is 0 Å². The summed E-state index contributed by atoms with van der Waals surface area (Å²) in [5.41, 5.74) is 2.47. The molecule has 0 saturated carbocycles. The van der Waals surface area contributed by atoms with Crippen molar-refractivity contribution in [2.24, 2.45) is 5.73 Å². The molecule has 0 radical (unpaired) electrons. The van der Waals surface area contributed by atoms with Crippen LogP contribution >= 0.6 is 23.1 Å². The second kappa shape index (κ2) is 7.21. The van der Waals surface area contributed by atoms with Crippen molar-refractivity contribution in [1.82, 2.24) is 10.2 Å². The third-order valence-corrected chi connectivity index (χ3v) is 6.22. The summed E-state index contributed by atoms with van der Waals surface area (Å²) in [7, 11) is 0. The summed E-state index contributed by atoms with van der Waals surface area (Å²) in [6, 6.07) is 3.52.